The Morgan fingerprint density at radius 3 is 2.80 bits per heavy atom. The lowest BCUT2D eigenvalue weighted by Crippen LogP contribution is -2.34. The number of halogens is 1. The van der Waals surface area contributed by atoms with Crippen molar-refractivity contribution in [3.05, 3.63) is 28.2 Å². The second kappa shape index (κ2) is 5.28. The molecule has 0 aliphatic carbocycles. The molecule has 0 aliphatic rings. The summed E-state index contributed by atoms with van der Waals surface area (Å²) in [6, 6.07) is 5.31. The van der Waals surface area contributed by atoms with Gasteiger partial charge in [0.2, 0.25) is 5.91 Å². The van der Waals surface area contributed by atoms with E-state index < -0.39 is 6.04 Å². The molecule has 1 atom stereocenters. The molecule has 0 aromatic heterocycles. The van der Waals surface area contributed by atoms with Gasteiger partial charge in [-0.25, -0.2) is 0 Å². The number of carbonyl (C=O) groups excluding carboxylic acids is 1. The number of nitrogens with one attached hydrogen (secondary N) is 1. The van der Waals surface area contributed by atoms with E-state index in [4.69, 9.17) is 5.73 Å². The molecule has 0 saturated carbocycles. The molecule has 1 aromatic rings. The molecular formula is C11H15BrN2O. The molecule has 0 heterocycles. The molecule has 0 unspecified atom stereocenters. The van der Waals surface area contributed by atoms with E-state index >= 15 is 0 Å². The van der Waals surface area contributed by atoms with Gasteiger partial charge in [-0.2, -0.15) is 0 Å². The SMILES string of the molecule is CC[C@H](N)C(=O)Nc1ccc(C)cc1Br. The van der Waals surface area contributed by atoms with Crippen molar-refractivity contribution in [1.29, 1.82) is 0 Å². The van der Waals surface area contributed by atoms with Gasteiger partial charge in [0, 0.05) is 4.47 Å². The molecule has 1 rings (SSSR count). The van der Waals surface area contributed by atoms with Crippen molar-refractivity contribution in [2.24, 2.45) is 5.73 Å². The predicted molar refractivity (Wildman–Crippen MR) is 65.8 cm³/mol. The fraction of sp³-hybridized carbons (Fsp3) is 0.364. The van der Waals surface area contributed by atoms with Crippen molar-refractivity contribution in [1.82, 2.24) is 0 Å². The number of rotatable bonds is 3. The number of hydrogen-bond acceptors (Lipinski definition) is 2. The highest BCUT2D eigenvalue weighted by Crippen LogP contribution is 2.23. The monoisotopic (exact) mass is 270 g/mol. The first kappa shape index (κ1) is 12.2. The quantitative estimate of drug-likeness (QED) is 0.887. The van der Waals surface area contributed by atoms with Crippen LogP contribution in [-0.2, 0) is 4.79 Å². The number of nitrogens with two attached hydrogens (primary N) is 1. The first-order valence-corrected chi connectivity index (χ1v) is 5.66. The highest BCUT2D eigenvalue weighted by atomic mass is 79.9. The van der Waals surface area contributed by atoms with Gasteiger partial charge in [-0.3, -0.25) is 4.79 Å². The van der Waals surface area contributed by atoms with Crippen LogP contribution in [0.3, 0.4) is 0 Å². The summed E-state index contributed by atoms with van der Waals surface area (Å²) in [5.74, 6) is -0.151. The maximum Gasteiger partial charge on any atom is 0.241 e. The third kappa shape index (κ3) is 3.32. The van der Waals surface area contributed by atoms with Crippen LogP contribution in [0.25, 0.3) is 0 Å². The second-order valence-corrected chi connectivity index (χ2v) is 4.34. The van der Waals surface area contributed by atoms with Gasteiger partial charge in [-0.1, -0.05) is 13.0 Å². The summed E-state index contributed by atoms with van der Waals surface area (Å²) in [5.41, 5.74) is 7.51. The van der Waals surface area contributed by atoms with Gasteiger partial charge < -0.3 is 11.1 Å². The third-order valence-corrected chi connectivity index (χ3v) is 2.82. The zero-order valence-electron chi connectivity index (χ0n) is 8.88. The van der Waals surface area contributed by atoms with E-state index in [1.54, 1.807) is 0 Å². The number of anilines is 1. The van der Waals surface area contributed by atoms with Crippen LogP contribution < -0.4 is 11.1 Å². The van der Waals surface area contributed by atoms with Crippen LogP contribution in [-0.4, -0.2) is 11.9 Å². The number of benzene rings is 1. The fourth-order valence-corrected chi connectivity index (χ4v) is 1.72. The highest BCUT2D eigenvalue weighted by molar-refractivity contribution is 9.10. The fourth-order valence-electron chi connectivity index (χ4n) is 1.13. The van der Waals surface area contributed by atoms with Gasteiger partial charge in [0.05, 0.1) is 11.7 Å². The van der Waals surface area contributed by atoms with Crippen LogP contribution in [0.4, 0.5) is 5.69 Å². The lowest BCUT2D eigenvalue weighted by molar-refractivity contribution is -0.117. The van der Waals surface area contributed by atoms with Crippen molar-refractivity contribution in [3.63, 3.8) is 0 Å². The average Bonchev–Trinajstić information content (AvgIpc) is 2.20. The van der Waals surface area contributed by atoms with E-state index in [9.17, 15) is 4.79 Å². The molecule has 1 amide bonds. The number of aryl methyl sites for hydroxylation is 1. The Labute approximate surface area is 98.2 Å². The maximum absolute atomic E-state index is 11.5. The molecule has 0 saturated heterocycles. The van der Waals surface area contributed by atoms with E-state index in [2.05, 4.69) is 21.2 Å². The Balaban J connectivity index is 2.77. The minimum Gasteiger partial charge on any atom is -0.324 e. The van der Waals surface area contributed by atoms with E-state index in [1.165, 1.54) is 0 Å². The van der Waals surface area contributed by atoms with Gasteiger partial charge in [-0.05, 0) is 47.0 Å². The Hall–Kier alpha value is -0.870. The molecule has 0 spiro atoms. The molecular weight excluding hydrogens is 256 g/mol. The summed E-state index contributed by atoms with van der Waals surface area (Å²) >= 11 is 3.39. The number of amides is 1. The molecule has 0 aliphatic heterocycles. The largest absolute Gasteiger partial charge is 0.324 e. The van der Waals surface area contributed by atoms with Crippen molar-refractivity contribution in [2.75, 3.05) is 5.32 Å². The minimum absolute atomic E-state index is 0.151. The average molecular weight is 271 g/mol. The molecule has 3 N–H and O–H groups in total. The minimum atomic E-state index is -0.446. The van der Waals surface area contributed by atoms with Crippen molar-refractivity contribution >= 4 is 27.5 Å². The van der Waals surface area contributed by atoms with Crippen molar-refractivity contribution in [3.8, 4) is 0 Å². The van der Waals surface area contributed by atoms with Crippen LogP contribution in [0, 0.1) is 6.92 Å². The Bertz CT molecular complexity index is 366. The smallest absolute Gasteiger partial charge is 0.241 e. The molecule has 1 aromatic carbocycles. The zero-order valence-corrected chi connectivity index (χ0v) is 10.5. The predicted octanol–water partition coefficient (Wildman–Crippen LogP) is 2.43. The first-order valence-electron chi connectivity index (χ1n) is 4.87. The zero-order chi connectivity index (χ0) is 11.4. The Kier molecular flexibility index (Phi) is 4.29. The number of carbonyl (C=O) groups is 1. The normalized spacial score (nSPS) is 12.3. The van der Waals surface area contributed by atoms with Crippen LogP contribution >= 0.6 is 15.9 Å². The lowest BCUT2D eigenvalue weighted by atomic mass is 10.2. The maximum atomic E-state index is 11.5. The Morgan fingerprint density at radius 1 is 1.60 bits per heavy atom. The topological polar surface area (TPSA) is 55.1 Å². The van der Waals surface area contributed by atoms with Gasteiger partial charge in [-0.15, -0.1) is 0 Å². The van der Waals surface area contributed by atoms with Crippen LogP contribution in [0.15, 0.2) is 22.7 Å². The molecule has 4 heteroatoms. The second-order valence-electron chi connectivity index (χ2n) is 3.49. The van der Waals surface area contributed by atoms with Gasteiger partial charge in [0.25, 0.3) is 0 Å². The first-order chi connectivity index (χ1) is 7.04. The number of hydrogen-bond donors (Lipinski definition) is 2. The third-order valence-electron chi connectivity index (χ3n) is 2.16. The summed E-state index contributed by atoms with van der Waals surface area (Å²) in [5, 5.41) is 2.78. The van der Waals surface area contributed by atoms with Gasteiger partial charge >= 0.3 is 0 Å². The summed E-state index contributed by atoms with van der Waals surface area (Å²) in [4.78, 5) is 11.5. The van der Waals surface area contributed by atoms with Crippen LogP contribution in [0.1, 0.15) is 18.9 Å². The van der Waals surface area contributed by atoms with Gasteiger partial charge in [0.15, 0.2) is 0 Å². The summed E-state index contributed by atoms with van der Waals surface area (Å²) < 4.78 is 0.874. The highest BCUT2D eigenvalue weighted by Gasteiger charge is 2.12. The molecule has 0 fully saturated rings. The molecule has 15 heavy (non-hydrogen) atoms. The van der Waals surface area contributed by atoms with Crippen molar-refractivity contribution in [2.45, 2.75) is 26.3 Å². The van der Waals surface area contributed by atoms with E-state index in [1.807, 2.05) is 32.0 Å². The van der Waals surface area contributed by atoms with Gasteiger partial charge in [0.1, 0.15) is 0 Å². The van der Waals surface area contributed by atoms with E-state index in [-0.39, 0.29) is 5.91 Å². The molecule has 3 nitrogen and oxygen atoms in total. The van der Waals surface area contributed by atoms with E-state index in [0.717, 1.165) is 15.7 Å². The van der Waals surface area contributed by atoms with E-state index in [0.29, 0.717) is 6.42 Å². The summed E-state index contributed by atoms with van der Waals surface area (Å²) in [6.07, 6.45) is 0.634. The summed E-state index contributed by atoms with van der Waals surface area (Å²) in [7, 11) is 0. The molecule has 82 valence electrons. The standard InChI is InChI=1S/C11H15BrN2O/c1-3-9(13)11(15)14-10-5-4-7(2)6-8(10)12/h4-6,9H,3,13H2,1-2H3,(H,14,15)/t9-/m0/s1. The molecule has 0 bridgehead atoms. The Morgan fingerprint density at radius 2 is 2.27 bits per heavy atom. The lowest BCUT2D eigenvalue weighted by Gasteiger charge is -2.11. The van der Waals surface area contributed by atoms with Crippen LogP contribution in [0.5, 0.6) is 0 Å². The summed E-state index contributed by atoms with van der Waals surface area (Å²) in [6.45, 7) is 3.88. The molecule has 0 radical (unpaired) electrons. The van der Waals surface area contributed by atoms with Crippen molar-refractivity contribution < 1.29 is 4.79 Å². The van der Waals surface area contributed by atoms with Crippen LogP contribution in [0.2, 0.25) is 0 Å².